The molecule has 1 saturated carbocycles. The van der Waals surface area contributed by atoms with E-state index in [0.717, 1.165) is 12.5 Å². The summed E-state index contributed by atoms with van der Waals surface area (Å²) < 4.78 is 13.3. The van der Waals surface area contributed by atoms with Crippen LogP contribution in [-0.2, 0) is 6.54 Å². The maximum absolute atomic E-state index is 13.3. The maximum atomic E-state index is 13.3. The van der Waals surface area contributed by atoms with E-state index < -0.39 is 10.7 Å². The first-order chi connectivity index (χ1) is 9.99. The quantitative estimate of drug-likeness (QED) is 0.658. The van der Waals surface area contributed by atoms with Crippen LogP contribution in [0.5, 0.6) is 0 Å². The van der Waals surface area contributed by atoms with E-state index in [1.54, 1.807) is 0 Å². The Morgan fingerprint density at radius 1 is 1.38 bits per heavy atom. The Morgan fingerprint density at radius 3 is 2.76 bits per heavy atom. The molecule has 4 nitrogen and oxygen atoms in total. The molecule has 2 atom stereocenters. The number of hydrogen-bond acceptors (Lipinski definition) is 3. The molecule has 116 valence electrons. The van der Waals surface area contributed by atoms with E-state index in [9.17, 15) is 14.5 Å². The Labute approximate surface area is 124 Å². The first-order valence-electron chi connectivity index (χ1n) is 7.65. The van der Waals surface area contributed by atoms with Gasteiger partial charge in [-0.3, -0.25) is 10.1 Å². The summed E-state index contributed by atoms with van der Waals surface area (Å²) >= 11 is 0. The summed E-state index contributed by atoms with van der Waals surface area (Å²) in [5.74, 6) is 0.748. The highest BCUT2D eigenvalue weighted by Crippen LogP contribution is 2.30. The van der Waals surface area contributed by atoms with E-state index in [0.29, 0.717) is 30.0 Å². The smallest absolute Gasteiger partial charge is 0.274 e. The highest BCUT2D eigenvalue weighted by molar-refractivity contribution is 5.40. The normalized spacial score (nSPS) is 22.5. The summed E-state index contributed by atoms with van der Waals surface area (Å²) in [7, 11) is 0. The minimum atomic E-state index is -0.447. The van der Waals surface area contributed by atoms with E-state index in [2.05, 4.69) is 19.2 Å². The predicted molar refractivity (Wildman–Crippen MR) is 80.5 cm³/mol. The average Bonchev–Trinajstić information content (AvgIpc) is 2.45. The number of nitrogens with zero attached hydrogens (tertiary/aromatic N) is 1. The summed E-state index contributed by atoms with van der Waals surface area (Å²) in [6.45, 7) is 4.78. The lowest BCUT2D eigenvalue weighted by molar-refractivity contribution is -0.385. The first kappa shape index (κ1) is 15.9. The number of hydrogen-bond donors (Lipinski definition) is 1. The van der Waals surface area contributed by atoms with Crippen molar-refractivity contribution in [1.29, 1.82) is 0 Å². The van der Waals surface area contributed by atoms with Crippen LogP contribution in [0.4, 0.5) is 10.1 Å². The van der Waals surface area contributed by atoms with Crippen molar-refractivity contribution >= 4 is 5.69 Å². The predicted octanol–water partition coefficient (Wildman–Crippen LogP) is 4.04. The Balaban J connectivity index is 2.08. The lowest BCUT2D eigenvalue weighted by Crippen LogP contribution is -2.40. The van der Waals surface area contributed by atoms with E-state index in [4.69, 9.17) is 0 Å². The van der Waals surface area contributed by atoms with Gasteiger partial charge in [-0.2, -0.15) is 0 Å². The van der Waals surface area contributed by atoms with Gasteiger partial charge >= 0.3 is 0 Å². The molecule has 0 saturated heterocycles. The van der Waals surface area contributed by atoms with Crippen LogP contribution in [-0.4, -0.2) is 11.0 Å². The molecular formula is C16H23FN2O2. The van der Waals surface area contributed by atoms with E-state index in [1.807, 2.05) is 0 Å². The molecule has 0 radical (unpaired) electrons. The molecule has 0 bridgehead atoms. The molecule has 1 aromatic carbocycles. The van der Waals surface area contributed by atoms with Gasteiger partial charge in [0.1, 0.15) is 5.82 Å². The maximum Gasteiger partial charge on any atom is 0.274 e. The van der Waals surface area contributed by atoms with Gasteiger partial charge in [-0.25, -0.2) is 4.39 Å². The van der Waals surface area contributed by atoms with Gasteiger partial charge in [-0.05, 0) is 36.8 Å². The Morgan fingerprint density at radius 2 is 2.10 bits per heavy atom. The summed E-state index contributed by atoms with van der Waals surface area (Å²) in [6, 6.07) is 4.01. The number of nitro benzene ring substituents is 1. The number of nitro groups is 1. The van der Waals surface area contributed by atoms with Crippen molar-refractivity contribution < 1.29 is 9.31 Å². The second-order valence-electron chi connectivity index (χ2n) is 6.21. The molecule has 1 N–H and O–H groups in total. The number of benzene rings is 1. The largest absolute Gasteiger partial charge is 0.309 e. The fourth-order valence-electron chi connectivity index (χ4n) is 3.33. The Hall–Kier alpha value is -1.49. The highest BCUT2D eigenvalue weighted by Gasteiger charge is 2.27. The van der Waals surface area contributed by atoms with Gasteiger partial charge in [-0.15, -0.1) is 0 Å². The monoisotopic (exact) mass is 294 g/mol. The minimum Gasteiger partial charge on any atom is -0.309 e. The lowest BCUT2D eigenvalue weighted by atomic mass is 9.78. The SMILES string of the molecule is CC(C)C1CCCCC1NCc1cc(F)ccc1[N+](=O)[O-]. The Kier molecular flexibility index (Phi) is 5.28. The second kappa shape index (κ2) is 6.98. The number of nitrogens with one attached hydrogen (secondary N) is 1. The van der Waals surface area contributed by atoms with E-state index in [1.165, 1.54) is 31.4 Å². The standard InChI is InChI=1S/C16H23FN2O2/c1-11(2)14-5-3-4-6-15(14)18-10-12-9-13(17)7-8-16(12)19(20)21/h7-9,11,14-15,18H,3-6,10H2,1-2H3. The second-order valence-corrected chi connectivity index (χ2v) is 6.21. The van der Waals surface area contributed by atoms with Crippen molar-refractivity contribution in [2.24, 2.45) is 11.8 Å². The van der Waals surface area contributed by atoms with Crippen molar-refractivity contribution in [3.8, 4) is 0 Å². The molecule has 2 rings (SSSR count). The molecule has 0 aromatic heterocycles. The third-order valence-electron chi connectivity index (χ3n) is 4.47. The molecule has 2 unspecified atom stereocenters. The highest BCUT2D eigenvalue weighted by atomic mass is 19.1. The molecule has 0 aliphatic heterocycles. The minimum absolute atomic E-state index is 0.0131. The zero-order chi connectivity index (χ0) is 15.4. The molecule has 1 aliphatic rings. The molecule has 1 aromatic rings. The zero-order valence-corrected chi connectivity index (χ0v) is 12.6. The molecular weight excluding hydrogens is 271 g/mol. The van der Waals surface area contributed by atoms with Crippen molar-refractivity contribution in [3.05, 3.63) is 39.7 Å². The van der Waals surface area contributed by atoms with Crippen molar-refractivity contribution in [3.63, 3.8) is 0 Å². The van der Waals surface area contributed by atoms with Crippen molar-refractivity contribution in [1.82, 2.24) is 5.32 Å². The molecule has 1 aliphatic carbocycles. The van der Waals surface area contributed by atoms with Crippen LogP contribution < -0.4 is 5.32 Å². The van der Waals surface area contributed by atoms with Crippen LogP contribution in [0.15, 0.2) is 18.2 Å². The van der Waals surface area contributed by atoms with Crippen LogP contribution in [0.25, 0.3) is 0 Å². The zero-order valence-electron chi connectivity index (χ0n) is 12.6. The fraction of sp³-hybridized carbons (Fsp3) is 0.625. The fourth-order valence-corrected chi connectivity index (χ4v) is 3.33. The molecule has 0 amide bonds. The first-order valence-corrected chi connectivity index (χ1v) is 7.65. The summed E-state index contributed by atoms with van der Waals surface area (Å²) in [5.41, 5.74) is 0.411. The van der Waals surface area contributed by atoms with Gasteiger partial charge in [0.15, 0.2) is 0 Å². The van der Waals surface area contributed by atoms with Crippen LogP contribution in [0.1, 0.15) is 45.1 Å². The van der Waals surface area contributed by atoms with Gasteiger partial charge in [0.2, 0.25) is 0 Å². The van der Waals surface area contributed by atoms with E-state index >= 15 is 0 Å². The van der Waals surface area contributed by atoms with E-state index in [-0.39, 0.29) is 5.69 Å². The van der Waals surface area contributed by atoms with Crippen LogP contribution in [0, 0.1) is 27.8 Å². The summed E-state index contributed by atoms with van der Waals surface area (Å²) in [4.78, 5) is 10.6. The average molecular weight is 294 g/mol. The summed E-state index contributed by atoms with van der Waals surface area (Å²) in [5, 5.41) is 14.4. The lowest BCUT2D eigenvalue weighted by Gasteiger charge is -2.35. The van der Waals surface area contributed by atoms with Crippen LogP contribution in [0.3, 0.4) is 0 Å². The molecule has 0 heterocycles. The van der Waals surface area contributed by atoms with Crippen molar-refractivity contribution in [2.75, 3.05) is 0 Å². The van der Waals surface area contributed by atoms with Crippen LogP contribution in [0.2, 0.25) is 0 Å². The van der Waals surface area contributed by atoms with Gasteiger partial charge in [0, 0.05) is 24.2 Å². The van der Waals surface area contributed by atoms with Gasteiger partial charge < -0.3 is 5.32 Å². The molecule has 5 heteroatoms. The molecule has 1 fully saturated rings. The van der Waals surface area contributed by atoms with Crippen molar-refractivity contribution in [2.45, 2.75) is 52.1 Å². The van der Waals surface area contributed by atoms with Gasteiger partial charge in [0.05, 0.1) is 4.92 Å². The third-order valence-corrected chi connectivity index (χ3v) is 4.47. The molecule has 21 heavy (non-hydrogen) atoms. The summed E-state index contributed by atoms with van der Waals surface area (Å²) in [6.07, 6.45) is 4.72. The van der Waals surface area contributed by atoms with Gasteiger partial charge in [0.25, 0.3) is 5.69 Å². The number of halogens is 1. The third kappa shape index (κ3) is 4.00. The molecule has 0 spiro atoms. The topological polar surface area (TPSA) is 55.2 Å². The van der Waals surface area contributed by atoms with Gasteiger partial charge in [-0.1, -0.05) is 26.7 Å². The van der Waals surface area contributed by atoms with Crippen LogP contribution >= 0.6 is 0 Å². The Bertz CT molecular complexity index is 505. The number of rotatable bonds is 5.